The topological polar surface area (TPSA) is 17.1 Å². The maximum absolute atomic E-state index is 10.4. The molecule has 0 aliphatic carbocycles. The lowest BCUT2D eigenvalue weighted by Crippen LogP contribution is -1.82. The minimum atomic E-state index is 0.869. The lowest BCUT2D eigenvalue weighted by Gasteiger charge is -1.95. The summed E-state index contributed by atoms with van der Waals surface area (Å²) in [4.78, 5) is 11.3. The predicted octanol–water partition coefficient (Wildman–Crippen LogP) is 2.58. The highest BCUT2D eigenvalue weighted by molar-refractivity contribution is 8.04. The smallest absolute Gasteiger partial charge is 0.156 e. The van der Waals surface area contributed by atoms with Gasteiger partial charge in [-0.1, -0.05) is 19.9 Å². The first-order chi connectivity index (χ1) is 5.35. The molecule has 11 heavy (non-hydrogen) atoms. The molecule has 64 valence electrons. The van der Waals surface area contributed by atoms with Crippen LogP contribution < -0.4 is 0 Å². The molecular formula is C8H14OS2. The summed E-state index contributed by atoms with van der Waals surface area (Å²) in [6.45, 7) is 4.17. The summed E-state index contributed by atoms with van der Waals surface area (Å²) in [6, 6.07) is 0. The van der Waals surface area contributed by atoms with Crippen molar-refractivity contribution in [3.8, 4) is 0 Å². The van der Waals surface area contributed by atoms with Gasteiger partial charge in [0.1, 0.15) is 0 Å². The quantitative estimate of drug-likeness (QED) is 0.364. The molecule has 0 saturated carbocycles. The summed E-state index contributed by atoms with van der Waals surface area (Å²) in [5, 5.41) is 0. The number of aldehydes is 1. The van der Waals surface area contributed by atoms with Gasteiger partial charge in [0.05, 0.1) is 0 Å². The van der Waals surface area contributed by atoms with Crippen LogP contribution in [0, 0.1) is 0 Å². The van der Waals surface area contributed by atoms with Crippen molar-refractivity contribution >= 4 is 29.8 Å². The van der Waals surface area contributed by atoms with E-state index in [9.17, 15) is 4.79 Å². The van der Waals surface area contributed by atoms with E-state index in [1.54, 1.807) is 11.8 Å². The zero-order valence-corrected chi connectivity index (χ0v) is 8.63. The molecule has 0 N–H and O–H groups in total. The van der Waals surface area contributed by atoms with Crippen molar-refractivity contribution in [1.82, 2.24) is 0 Å². The van der Waals surface area contributed by atoms with Crippen molar-refractivity contribution in [2.24, 2.45) is 0 Å². The van der Waals surface area contributed by atoms with E-state index in [1.165, 1.54) is 0 Å². The fourth-order valence-electron chi connectivity index (χ4n) is 0.567. The summed E-state index contributed by atoms with van der Waals surface area (Å²) in [7, 11) is 0. The van der Waals surface area contributed by atoms with Crippen LogP contribution in [0.5, 0.6) is 0 Å². The SMILES string of the molecule is CCSC/C=C(/C=O)SCC. The average Bonchev–Trinajstić information content (AvgIpc) is 2.03. The minimum absolute atomic E-state index is 0.869. The molecule has 0 unspecified atom stereocenters. The van der Waals surface area contributed by atoms with E-state index in [0.717, 1.165) is 28.4 Å². The van der Waals surface area contributed by atoms with Crippen LogP contribution in [0.1, 0.15) is 13.8 Å². The molecule has 0 atom stereocenters. The average molecular weight is 190 g/mol. The van der Waals surface area contributed by atoms with Gasteiger partial charge in [-0.05, 0) is 11.5 Å². The van der Waals surface area contributed by atoms with Crippen LogP contribution in [0.25, 0.3) is 0 Å². The maximum atomic E-state index is 10.4. The van der Waals surface area contributed by atoms with E-state index in [0.29, 0.717) is 0 Å². The van der Waals surface area contributed by atoms with Gasteiger partial charge in [0.25, 0.3) is 0 Å². The van der Waals surface area contributed by atoms with Crippen molar-refractivity contribution in [1.29, 1.82) is 0 Å². The molecule has 0 bridgehead atoms. The lowest BCUT2D eigenvalue weighted by molar-refractivity contribution is -0.104. The van der Waals surface area contributed by atoms with Crippen molar-refractivity contribution in [2.45, 2.75) is 13.8 Å². The first kappa shape index (κ1) is 11.1. The highest BCUT2D eigenvalue weighted by Gasteiger charge is 1.91. The number of carbonyl (C=O) groups excluding carboxylic acids is 1. The Labute approximate surface area is 77.0 Å². The highest BCUT2D eigenvalue weighted by atomic mass is 32.2. The predicted molar refractivity (Wildman–Crippen MR) is 55.3 cm³/mol. The largest absolute Gasteiger partial charge is 0.297 e. The fourth-order valence-corrected chi connectivity index (χ4v) is 1.81. The second-order valence-corrected chi connectivity index (χ2v) is 4.47. The Bertz CT molecular complexity index is 132. The molecule has 0 aliphatic heterocycles. The Balaban J connectivity index is 3.61. The number of hydrogen-bond donors (Lipinski definition) is 0. The van der Waals surface area contributed by atoms with Gasteiger partial charge in [-0.2, -0.15) is 11.8 Å². The maximum Gasteiger partial charge on any atom is 0.156 e. The van der Waals surface area contributed by atoms with Gasteiger partial charge in [-0.25, -0.2) is 0 Å². The van der Waals surface area contributed by atoms with Crippen LogP contribution >= 0.6 is 23.5 Å². The van der Waals surface area contributed by atoms with Gasteiger partial charge >= 0.3 is 0 Å². The van der Waals surface area contributed by atoms with Crippen molar-refractivity contribution < 1.29 is 4.79 Å². The normalized spacial score (nSPS) is 11.6. The fraction of sp³-hybridized carbons (Fsp3) is 0.625. The van der Waals surface area contributed by atoms with Crippen molar-refractivity contribution in [2.75, 3.05) is 17.3 Å². The third-order valence-corrected chi connectivity index (χ3v) is 2.73. The molecule has 0 aromatic rings. The van der Waals surface area contributed by atoms with Crippen LogP contribution in [0.4, 0.5) is 0 Å². The Kier molecular flexibility index (Phi) is 8.29. The summed E-state index contributed by atoms with van der Waals surface area (Å²) in [6.07, 6.45) is 2.93. The molecule has 0 rings (SSSR count). The van der Waals surface area contributed by atoms with Crippen LogP contribution in [0.15, 0.2) is 11.0 Å². The first-order valence-corrected chi connectivity index (χ1v) is 5.85. The van der Waals surface area contributed by atoms with Crippen LogP contribution in [-0.4, -0.2) is 23.5 Å². The van der Waals surface area contributed by atoms with E-state index in [4.69, 9.17) is 0 Å². The molecule has 0 aromatic heterocycles. The molecule has 1 nitrogen and oxygen atoms in total. The molecule has 0 heterocycles. The standard InChI is InChI=1S/C8H14OS2/c1-3-10-6-5-8(7-9)11-4-2/h5,7H,3-4,6H2,1-2H3/b8-5-. The van der Waals surface area contributed by atoms with Crippen LogP contribution in [0.2, 0.25) is 0 Å². The number of rotatable bonds is 6. The summed E-state index contributed by atoms with van der Waals surface area (Å²) in [5.41, 5.74) is 0. The van der Waals surface area contributed by atoms with Crippen LogP contribution in [-0.2, 0) is 4.79 Å². The summed E-state index contributed by atoms with van der Waals surface area (Å²) in [5.74, 6) is 3.04. The number of carbonyl (C=O) groups is 1. The molecule has 3 heteroatoms. The highest BCUT2D eigenvalue weighted by Crippen LogP contribution is 2.13. The molecular weight excluding hydrogens is 176 g/mol. The molecule has 0 saturated heterocycles. The third kappa shape index (κ3) is 6.51. The van der Waals surface area contributed by atoms with E-state index >= 15 is 0 Å². The summed E-state index contributed by atoms with van der Waals surface area (Å²) >= 11 is 3.44. The van der Waals surface area contributed by atoms with E-state index in [-0.39, 0.29) is 0 Å². The molecule has 0 aliphatic rings. The van der Waals surface area contributed by atoms with Gasteiger partial charge in [0, 0.05) is 10.7 Å². The van der Waals surface area contributed by atoms with E-state index in [2.05, 4.69) is 13.8 Å². The Morgan fingerprint density at radius 3 is 2.55 bits per heavy atom. The zero-order valence-electron chi connectivity index (χ0n) is 7.00. The molecule has 0 aromatic carbocycles. The number of thioether (sulfide) groups is 2. The number of hydrogen-bond acceptors (Lipinski definition) is 3. The molecule has 0 radical (unpaired) electrons. The number of allylic oxidation sites excluding steroid dienone is 1. The van der Waals surface area contributed by atoms with Gasteiger partial charge in [-0.15, -0.1) is 11.8 Å². The molecule has 0 amide bonds. The van der Waals surface area contributed by atoms with Crippen molar-refractivity contribution in [3.63, 3.8) is 0 Å². The summed E-state index contributed by atoms with van der Waals surface area (Å²) < 4.78 is 0. The van der Waals surface area contributed by atoms with Crippen molar-refractivity contribution in [3.05, 3.63) is 11.0 Å². The molecule has 0 spiro atoms. The lowest BCUT2D eigenvalue weighted by atomic mass is 10.6. The Morgan fingerprint density at radius 1 is 1.36 bits per heavy atom. The zero-order chi connectivity index (χ0) is 8.53. The second-order valence-electron chi connectivity index (χ2n) is 1.82. The Hall–Kier alpha value is 0.110. The van der Waals surface area contributed by atoms with Gasteiger partial charge in [0.2, 0.25) is 0 Å². The molecule has 0 fully saturated rings. The monoisotopic (exact) mass is 190 g/mol. The third-order valence-electron chi connectivity index (χ3n) is 1.03. The van der Waals surface area contributed by atoms with Gasteiger partial charge in [0.15, 0.2) is 6.29 Å². The van der Waals surface area contributed by atoms with E-state index < -0.39 is 0 Å². The van der Waals surface area contributed by atoms with Gasteiger partial charge < -0.3 is 0 Å². The minimum Gasteiger partial charge on any atom is -0.297 e. The second kappa shape index (κ2) is 8.21. The van der Waals surface area contributed by atoms with E-state index in [1.807, 2.05) is 17.8 Å². The first-order valence-electron chi connectivity index (χ1n) is 3.71. The Morgan fingerprint density at radius 2 is 2.09 bits per heavy atom. The van der Waals surface area contributed by atoms with Crippen LogP contribution in [0.3, 0.4) is 0 Å². The van der Waals surface area contributed by atoms with Gasteiger partial charge in [-0.3, -0.25) is 4.79 Å².